The summed E-state index contributed by atoms with van der Waals surface area (Å²) < 4.78 is 0. The van der Waals surface area contributed by atoms with Crippen LogP contribution in [0.1, 0.15) is 12.5 Å². The number of nitrogens with zero attached hydrogens (tertiary/aromatic N) is 1. The summed E-state index contributed by atoms with van der Waals surface area (Å²) in [5.74, 6) is 0. The zero-order valence-electron chi connectivity index (χ0n) is 8.03. The predicted molar refractivity (Wildman–Crippen MR) is 63.2 cm³/mol. The molecule has 0 fully saturated rings. The monoisotopic (exact) mass is 207 g/mol. The summed E-state index contributed by atoms with van der Waals surface area (Å²) in [6.45, 7) is 2.54. The lowest BCUT2D eigenvalue weighted by Gasteiger charge is -2.06. The van der Waals surface area contributed by atoms with Gasteiger partial charge >= 0.3 is 0 Å². The second-order valence-electron chi connectivity index (χ2n) is 2.67. The van der Waals surface area contributed by atoms with E-state index in [1.165, 1.54) is 5.56 Å². The first-order valence-electron chi connectivity index (χ1n) is 4.38. The Morgan fingerprint density at radius 2 is 2.14 bits per heavy atom. The lowest BCUT2D eigenvalue weighted by atomic mass is 10.2. The third-order valence-corrected chi connectivity index (χ3v) is 1.83. The van der Waals surface area contributed by atoms with Crippen molar-refractivity contribution < 1.29 is 0 Å². The number of nitrogens with one attached hydrogen (secondary N) is 2. The minimum Gasteiger partial charge on any atom is -0.357 e. The molecule has 0 saturated heterocycles. The average molecular weight is 207 g/mol. The number of rotatable bonds is 3. The molecule has 1 aromatic carbocycles. The van der Waals surface area contributed by atoms with Crippen LogP contribution in [-0.4, -0.2) is 11.3 Å². The summed E-state index contributed by atoms with van der Waals surface area (Å²) in [7, 11) is 0. The maximum atomic E-state index is 4.98. The lowest BCUT2D eigenvalue weighted by Crippen LogP contribution is -2.31. The standard InChI is InChI=1S/C10H13N3S/c1-2-12-13-10(14)11-8-9-6-4-3-5-7-9/h2-7H,8H2,1H3,(H2,11,13,14). The molecule has 0 amide bonds. The quantitative estimate of drug-likeness (QED) is 0.449. The van der Waals surface area contributed by atoms with Crippen LogP contribution in [0.2, 0.25) is 0 Å². The van der Waals surface area contributed by atoms with Crippen molar-refractivity contribution in [3.8, 4) is 0 Å². The fraction of sp³-hybridized carbons (Fsp3) is 0.200. The first-order chi connectivity index (χ1) is 6.83. The molecule has 0 unspecified atom stereocenters. The Labute approximate surface area is 89.2 Å². The van der Waals surface area contributed by atoms with E-state index in [1.54, 1.807) is 6.21 Å². The van der Waals surface area contributed by atoms with Gasteiger partial charge in [-0.15, -0.1) is 0 Å². The van der Waals surface area contributed by atoms with E-state index >= 15 is 0 Å². The molecule has 4 heteroatoms. The van der Waals surface area contributed by atoms with Crippen molar-refractivity contribution in [2.75, 3.05) is 0 Å². The summed E-state index contributed by atoms with van der Waals surface area (Å²) in [5, 5.41) is 7.38. The molecule has 0 spiro atoms. The Kier molecular flexibility index (Phi) is 4.64. The Balaban J connectivity index is 2.31. The van der Waals surface area contributed by atoms with Gasteiger partial charge in [-0.3, -0.25) is 5.43 Å². The number of benzene rings is 1. The zero-order chi connectivity index (χ0) is 10.2. The minimum atomic E-state index is 0.534. The highest BCUT2D eigenvalue weighted by Gasteiger charge is 1.93. The van der Waals surface area contributed by atoms with Crippen molar-refractivity contribution in [1.82, 2.24) is 10.7 Å². The highest BCUT2D eigenvalue weighted by molar-refractivity contribution is 7.80. The van der Waals surface area contributed by atoms with E-state index in [0.717, 1.165) is 0 Å². The van der Waals surface area contributed by atoms with Crippen LogP contribution in [0.4, 0.5) is 0 Å². The molecule has 74 valence electrons. The van der Waals surface area contributed by atoms with Gasteiger partial charge in [-0.2, -0.15) is 5.10 Å². The first-order valence-corrected chi connectivity index (χ1v) is 4.79. The molecule has 0 aliphatic carbocycles. The Hall–Kier alpha value is -1.42. The highest BCUT2D eigenvalue weighted by atomic mass is 32.1. The molecule has 0 saturated carbocycles. The topological polar surface area (TPSA) is 36.4 Å². The summed E-state index contributed by atoms with van der Waals surface area (Å²) in [5.41, 5.74) is 3.88. The van der Waals surface area contributed by atoms with E-state index in [-0.39, 0.29) is 0 Å². The highest BCUT2D eigenvalue weighted by Crippen LogP contribution is 1.96. The first kappa shape index (κ1) is 10.7. The van der Waals surface area contributed by atoms with Crippen molar-refractivity contribution >= 4 is 23.5 Å². The molecule has 2 N–H and O–H groups in total. The van der Waals surface area contributed by atoms with E-state index in [4.69, 9.17) is 12.2 Å². The number of thiocarbonyl (C=S) groups is 1. The largest absolute Gasteiger partial charge is 0.357 e. The van der Waals surface area contributed by atoms with Crippen molar-refractivity contribution in [3.63, 3.8) is 0 Å². The summed E-state index contributed by atoms with van der Waals surface area (Å²) >= 11 is 4.98. The van der Waals surface area contributed by atoms with Crippen LogP contribution in [0.5, 0.6) is 0 Å². The fourth-order valence-corrected chi connectivity index (χ4v) is 1.07. The van der Waals surface area contributed by atoms with Crippen LogP contribution in [0.25, 0.3) is 0 Å². The summed E-state index contributed by atoms with van der Waals surface area (Å²) in [6, 6.07) is 10.1. The van der Waals surface area contributed by atoms with Gasteiger partial charge in [0.15, 0.2) is 5.11 Å². The molecule has 0 aromatic heterocycles. The van der Waals surface area contributed by atoms with Gasteiger partial charge in [0.25, 0.3) is 0 Å². The minimum absolute atomic E-state index is 0.534. The molecule has 0 atom stereocenters. The molecule has 0 bridgehead atoms. The van der Waals surface area contributed by atoms with Gasteiger partial charge in [0.05, 0.1) is 0 Å². The summed E-state index contributed by atoms with van der Waals surface area (Å²) in [4.78, 5) is 0. The third kappa shape index (κ3) is 4.00. The van der Waals surface area contributed by atoms with Gasteiger partial charge < -0.3 is 5.32 Å². The van der Waals surface area contributed by atoms with E-state index in [1.807, 2.05) is 37.3 Å². The Bertz CT molecular complexity index is 308. The van der Waals surface area contributed by atoms with E-state index in [0.29, 0.717) is 11.7 Å². The van der Waals surface area contributed by atoms with Gasteiger partial charge in [0, 0.05) is 12.8 Å². The van der Waals surface area contributed by atoms with Gasteiger partial charge in [-0.05, 0) is 24.7 Å². The Morgan fingerprint density at radius 1 is 1.43 bits per heavy atom. The number of hydrazone groups is 1. The molecule has 3 nitrogen and oxygen atoms in total. The molecule has 0 heterocycles. The van der Waals surface area contributed by atoms with E-state index in [2.05, 4.69) is 15.8 Å². The van der Waals surface area contributed by atoms with Gasteiger partial charge in [-0.25, -0.2) is 0 Å². The van der Waals surface area contributed by atoms with Crippen LogP contribution in [0.3, 0.4) is 0 Å². The lowest BCUT2D eigenvalue weighted by molar-refractivity contribution is 0.868. The van der Waals surface area contributed by atoms with Crippen LogP contribution in [0, 0.1) is 0 Å². The zero-order valence-corrected chi connectivity index (χ0v) is 8.84. The van der Waals surface area contributed by atoms with Gasteiger partial charge in [0.2, 0.25) is 0 Å². The van der Waals surface area contributed by atoms with Crippen molar-refractivity contribution in [3.05, 3.63) is 35.9 Å². The van der Waals surface area contributed by atoms with Crippen LogP contribution in [-0.2, 0) is 6.54 Å². The van der Waals surface area contributed by atoms with Crippen molar-refractivity contribution in [1.29, 1.82) is 0 Å². The molecule has 0 aliphatic rings. The Morgan fingerprint density at radius 3 is 2.79 bits per heavy atom. The van der Waals surface area contributed by atoms with Crippen molar-refractivity contribution in [2.24, 2.45) is 5.10 Å². The van der Waals surface area contributed by atoms with Crippen LogP contribution in [0.15, 0.2) is 35.4 Å². The molecular formula is C10H13N3S. The second-order valence-corrected chi connectivity index (χ2v) is 3.08. The number of hydrogen-bond donors (Lipinski definition) is 2. The second kappa shape index (κ2) is 6.10. The molecule has 14 heavy (non-hydrogen) atoms. The van der Waals surface area contributed by atoms with Crippen molar-refractivity contribution in [2.45, 2.75) is 13.5 Å². The SMILES string of the molecule is CC=NNC(=S)NCc1ccccc1. The molecular weight excluding hydrogens is 194 g/mol. The van der Waals surface area contributed by atoms with E-state index in [9.17, 15) is 0 Å². The summed E-state index contributed by atoms with van der Waals surface area (Å²) in [6.07, 6.45) is 1.65. The number of hydrogen-bond acceptors (Lipinski definition) is 2. The molecule has 0 aliphatic heterocycles. The average Bonchev–Trinajstić information content (AvgIpc) is 2.25. The predicted octanol–water partition coefficient (Wildman–Crippen LogP) is 1.66. The van der Waals surface area contributed by atoms with Gasteiger partial charge in [-0.1, -0.05) is 30.3 Å². The third-order valence-electron chi connectivity index (χ3n) is 1.59. The molecule has 1 aromatic rings. The van der Waals surface area contributed by atoms with E-state index < -0.39 is 0 Å². The van der Waals surface area contributed by atoms with Crippen LogP contribution >= 0.6 is 12.2 Å². The smallest absolute Gasteiger partial charge is 0.187 e. The van der Waals surface area contributed by atoms with Crippen LogP contribution < -0.4 is 10.7 Å². The molecule has 1 rings (SSSR count). The maximum absolute atomic E-state index is 4.98. The normalized spacial score (nSPS) is 10.1. The van der Waals surface area contributed by atoms with Gasteiger partial charge in [0.1, 0.15) is 0 Å². The molecule has 0 radical (unpaired) electrons. The fourth-order valence-electron chi connectivity index (χ4n) is 0.941. The maximum Gasteiger partial charge on any atom is 0.187 e.